The second-order valence-corrected chi connectivity index (χ2v) is 7.54. The molecule has 0 saturated heterocycles. The van der Waals surface area contributed by atoms with Crippen LogP contribution in [0.3, 0.4) is 0 Å². The minimum Gasteiger partial charge on any atom is -0.507 e. The highest BCUT2D eigenvalue weighted by molar-refractivity contribution is 5.99. The number of phenols is 1. The molecular weight excluding hydrogens is 397 g/mol. The number of hydrogen-bond donors (Lipinski definition) is 1. The first-order chi connectivity index (χ1) is 14.1. The van der Waals surface area contributed by atoms with Crippen molar-refractivity contribution in [3.05, 3.63) is 53.1 Å². The smallest absolute Gasteiger partial charge is 0.416 e. The van der Waals surface area contributed by atoms with Gasteiger partial charge in [0.15, 0.2) is 5.78 Å². The molecule has 1 N–H and O–H groups in total. The van der Waals surface area contributed by atoms with Gasteiger partial charge in [-0.15, -0.1) is 0 Å². The Morgan fingerprint density at radius 1 is 1.07 bits per heavy atom. The predicted molar refractivity (Wildman–Crippen MR) is 108 cm³/mol. The SMILES string of the molecule is Cc1c(OCCCCOc2cccc(C(F)(F)F)c2)ccc(C(=O)CC(C)C)c1O. The van der Waals surface area contributed by atoms with E-state index in [0.717, 1.165) is 12.1 Å². The molecule has 0 aliphatic rings. The molecule has 0 radical (unpaired) electrons. The Kier molecular flexibility index (Phi) is 8.15. The van der Waals surface area contributed by atoms with Gasteiger partial charge in [0.25, 0.3) is 0 Å². The third-order valence-corrected chi connectivity index (χ3v) is 4.50. The van der Waals surface area contributed by atoms with E-state index in [9.17, 15) is 23.1 Å². The first-order valence-corrected chi connectivity index (χ1v) is 9.88. The maximum atomic E-state index is 12.7. The van der Waals surface area contributed by atoms with Gasteiger partial charge in [-0.3, -0.25) is 4.79 Å². The largest absolute Gasteiger partial charge is 0.507 e. The molecule has 30 heavy (non-hydrogen) atoms. The predicted octanol–water partition coefficient (Wildman–Crippen LogP) is 6.19. The van der Waals surface area contributed by atoms with Gasteiger partial charge < -0.3 is 14.6 Å². The molecule has 0 aromatic heterocycles. The molecule has 0 saturated carbocycles. The van der Waals surface area contributed by atoms with Crippen molar-refractivity contribution in [1.82, 2.24) is 0 Å². The molecule has 0 fully saturated rings. The van der Waals surface area contributed by atoms with Gasteiger partial charge in [0.05, 0.1) is 24.3 Å². The molecule has 2 rings (SSSR count). The molecule has 0 aliphatic heterocycles. The minimum atomic E-state index is -4.40. The lowest BCUT2D eigenvalue weighted by atomic mass is 9.98. The molecule has 0 spiro atoms. The fourth-order valence-corrected chi connectivity index (χ4v) is 2.88. The number of carbonyl (C=O) groups is 1. The van der Waals surface area contributed by atoms with Crippen LogP contribution in [0, 0.1) is 12.8 Å². The van der Waals surface area contributed by atoms with Gasteiger partial charge in [-0.05, 0) is 56.0 Å². The Bertz CT molecular complexity index is 860. The number of rotatable bonds is 10. The molecule has 4 nitrogen and oxygen atoms in total. The van der Waals surface area contributed by atoms with Gasteiger partial charge in [-0.25, -0.2) is 0 Å². The second-order valence-electron chi connectivity index (χ2n) is 7.54. The van der Waals surface area contributed by atoms with Crippen molar-refractivity contribution < 1.29 is 32.5 Å². The van der Waals surface area contributed by atoms with Crippen LogP contribution >= 0.6 is 0 Å². The number of halogens is 3. The summed E-state index contributed by atoms with van der Waals surface area (Å²) in [6.07, 6.45) is -2.83. The molecule has 164 valence electrons. The molecule has 2 aromatic rings. The monoisotopic (exact) mass is 424 g/mol. The number of ether oxygens (including phenoxy) is 2. The molecule has 0 atom stereocenters. The van der Waals surface area contributed by atoms with Crippen molar-refractivity contribution in [2.75, 3.05) is 13.2 Å². The second kappa shape index (κ2) is 10.4. The highest BCUT2D eigenvalue weighted by atomic mass is 19.4. The van der Waals surface area contributed by atoms with Crippen LogP contribution in [0.2, 0.25) is 0 Å². The van der Waals surface area contributed by atoms with Crippen molar-refractivity contribution >= 4 is 5.78 Å². The summed E-state index contributed by atoms with van der Waals surface area (Å²) in [4.78, 5) is 12.2. The van der Waals surface area contributed by atoms with Crippen LogP contribution in [-0.2, 0) is 6.18 Å². The van der Waals surface area contributed by atoms with E-state index in [1.54, 1.807) is 19.1 Å². The van der Waals surface area contributed by atoms with Crippen molar-refractivity contribution in [2.45, 2.75) is 46.2 Å². The van der Waals surface area contributed by atoms with Crippen LogP contribution in [0.5, 0.6) is 17.2 Å². The summed E-state index contributed by atoms with van der Waals surface area (Å²) in [5.74, 6) is 0.696. The average Bonchev–Trinajstić information content (AvgIpc) is 2.66. The minimum absolute atomic E-state index is 0.0639. The third kappa shape index (κ3) is 6.68. The van der Waals surface area contributed by atoms with Crippen LogP contribution in [0.25, 0.3) is 0 Å². The number of aromatic hydroxyl groups is 1. The van der Waals surface area contributed by atoms with E-state index in [4.69, 9.17) is 9.47 Å². The molecule has 0 amide bonds. The Hall–Kier alpha value is -2.70. The first kappa shape index (κ1) is 23.6. The Labute approximate surface area is 174 Å². The number of alkyl halides is 3. The summed E-state index contributed by atoms with van der Waals surface area (Å²) in [7, 11) is 0. The summed E-state index contributed by atoms with van der Waals surface area (Å²) < 4.78 is 49.1. The summed E-state index contributed by atoms with van der Waals surface area (Å²) >= 11 is 0. The normalized spacial score (nSPS) is 11.6. The Balaban J connectivity index is 1.80. The van der Waals surface area contributed by atoms with E-state index >= 15 is 0 Å². The molecular formula is C23H27F3O4. The van der Waals surface area contributed by atoms with E-state index in [1.807, 2.05) is 13.8 Å². The van der Waals surface area contributed by atoms with Crippen molar-refractivity contribution in [1.29, 1.82) is 0 Å². The fraction of sp³-hybridized carbons (Fsp3) is 0.435. The molecule has 0 aliphatic carbocycles. The summed E-state index contributed by atoms with van der Waals surface area (Å²) in [6.45, 7) is 6.18. The van der Waals surface area contributed by atoms with Crippen molar-refractivity contribution in [2.24, 2.45) is 5.92 Å². The number of Topliss-reactive ketones (excluding diaryl/α,β-unsaturated/α-hetero) is 1. The molecule has 0 unspecified atom stereocenters. The number of hydrogen-bond acceptors (Lipinski definition) is 4. The highest BCUT2D eigenvalue weighted by Crippen LogP contribution is 2.32. The Morgan fingerprint density at radius 3 is 2.37 bits per heavy atom. The Morgan fingerprint density at radius 2 is 1.73 bits per heavy atom. The topological polar surface area (TPSA) is 55.8 Å². The molecule has 0 heterocycles. The van der Waals surface area contributed by atoms with E-state index in [0.29, 0.717) is 42.7 Å². The number of carbonyl (C=O) groups excluding carboxylic acids is 1. The lowest BCUT2D eigenvalue weighted by molar-refractivity contribution is -0.137. The van der Waals surface area contributed by atoms with Gasteiger partial charge >= 0.3 is 6.18 Å². The lowest BCUT2D eigenvalue weighted by Gasteiger charge is -2.14. The average molecular weight is 424 g/mol. The highest BCUT2D eigenvalue weighted by Gasteiger charge is 2.30. The van der Waals surface area contributed by atoms with Gasteiger partial charge in [-0.2, -0.15) is 13.2 Å². The van der Waals surface area contributed by atoms with E-state index in [-0.39, 0.29) is 29.8 Å². The van der Waals surface area contributed by atoms with Crippen LogP contribution in [-0.4, -0.2) is 24.1 Å². The van der Waals surface area contributed by atoms with Crippen molar-refractivity contribution in [3.8, 4) is 17.2 Å². The van der Waals surface area contributed by atoms with Gasteiger partial charge in [0.2, 0.25) is 0 Å². The lowest BCUT2D eigenvalue weighted by Crippen LogP contribution is -2.07. The van der Waals surface area contributed by atoms with Gasteiger partial charge in [0.1, 0.15) is 17.2 Å². The first-order valence-electron chi connectivity index (χ1n) is 9.88. The quantitative estimate of drug-likeness (QED) is 0.365. The van der Waals surface area contributed by atoms with E-state index in [1.165, 1.54) is 12.1 Å². The van der Waals surface area contributed by atoms with Crippen LogP contribution < -0.4 is 9.47 Å². The number of unbranched alkanes of at least 4 members (excludes halogenated alkanes) is 1. The fourth-order valence-electron chi connectivity index (χ4n) is 2.88. The molecule has 2 aromatic carbocycles. The third-order valence-electron chi connectivity index (χ3n) is 4.50. The summed E-state index contributed by atoms with van der Waals surface area (Å²) in [6, 6.07) is 8.01. The summed E-state index contributed by atoms with van der Waals surface area (Å²) in [5.41, 5.74) is 0.0572. The zero-order chi connectivity index (χ0) is 22.3. The number of benzene rings is 2. The van der Waals surface area contributed by atoms with Crippen LogP contribution in [0.15, 0.2) is 36.4 Å². The summed E-state index contributed by atoms with van der Waals surface area (Å²) in [5, 5.41) is 10.3. The van der Waals surface area contributed by atoms with Crippen LogP contribution in [0.1, 0.15) is 54.6 Å². The maximum Gasteiger partial charge on any atom is 0.416 e. The van der Waals surface area contributed by atoms with Crippen LogP contribution in [0.4, 0.5) is 13.2 Å². The van der Waals surface area contributed by atoms with E-state index < -0.39 is 11.7 Å². The molecule has 0 bridgehead atoms. The van der Waals surface area contributed by atoms with Gasteiger partial charge in [0, 0.05) is 12.0 Å². The van der Waals surface area contributed by atoms with E-state index in [2.05, 4.69) is 0 Å². The standard InChI is InChI=1S/C23H27F3O4/c1-15(2)13-20(27)19-9-10-21(16(3)22(19)28)30-12-5-4-11-29-18-8-6-7-17(14-18)23(24,25)26/h6-10,14-15,28H,4-5,11-13H2,1-3H3. The number of phenolic OH excluding ortho intramolecular Hbond substituents is 1. The number of ketones is 1. The maximum absolute atomic E-state index is 12.7. The van der Waals surface area contributed by atoms with Gasteiger partial charge in [-0.1, -0.05) is 19.9 Å². The zero-order valence-corrected chi connectivity index (χ0v) is 17.4. The molecule has 7 heteroatoms. The van der Waals surface area contributed by atoms with Crippen molar-refractivity contribution in [3.63, 3.8) is 0 Å². The zero-order valence-electron chi connectivity index (χ0n) is 17.4.